The second-order valence-corrected chi connectivity index (χ2v) is 19.6. The molecule has 2 heterocycles. The van der Waals surface area contributed by atoms with Crippen molar-refractivity contribution in [3.05, 3.63) is 63.7 Å². The Labute approximate surface area is 253 Å². The third-order valence-corrected chi connectivity index (χ3v) is 13.8. The lowest BCUT2D eigenvalue weighted by molar-refractivity contribution is -0.137. The summed E-state index contributed by atoms with van der Waals surface area (Å²) in [5.41, 5.74) is 2.96. The van der Waals surface area contributed by atoms with Crippen molar-refractivity contribution in [2.45, 2.75) is 129 Å². The molecule has 0 aromatic carbocycles. The highest BCUT2D eigenvalue weighted by Gasteiger charge is 2.46. The molecule has 0 amide bonds. The normalized spacial score (nSPS) is 21.4. The Kier molecular flexibility index (Phi) is 8.88. The van der Waals surface area contributed by atoms with Crippen LogP contribution in [0.25, 0.3) is 5.57 Å². The molecule has 2 aliphatic carbocycles. The quantitative estimate of drug-likeness (QED) is 0.257. The summed E-state index contributed by atoms with van der Waals surface area (Å²) in [4.78, 5) is 9.15. The number of rotatable bonds is 6. The molecule has 43 heavy (non-hydrogen) atoms. The number of hydrogen-bond donors (Lipinski definition) is 1. The molecule has 4 rings (SSSR count). The first-order valence-electron chi connectivity index (χ1n) is 15.1. The Hall–Kier alpha value is -2.17. The van der Waals surface area contributed by atoms with Gasteiger partial charge in [0.2, 0.25) is 0 Å². The van der Waals surface area contributed by atoms with E-state index >= 15 is 0 Å². The highest BCUT2D eigenvalue weighted by Crippen LogP contribution is 2.52. The molecule has 2 atom stereocenters. The molecular formula is C33H45F5N2O2Si. The molecule has 10 heteroatoms. The van der Waals surface area contributed by atoms with Crippen LogP contribution in [0.1, 0.15) is 132 Å². The molecule has 0 spiro atoms. The predicted octanol–water partition coefficient (Wildman–Crippen LogP) is 9.94. The van der Waals surface area contributed by atoms with E-state index in [9.17, 15) is 27.1 Å². The summed E-state index contributed by atoms with van der Waals surface area (Å²) in [6.07, 6.45) is -3.45. The van der Waals surface area contributed by atoms with Gasteiger partial charge in [-0.1, -0.05) is 54.5 Å². The smallest absolute Gasteiger partial charge is 0.410 e. The fourth-order valence-corrected chi connectivity index (χ4v) is 7.16. The number of hydrogen-bond acceptors (Lipinski definition) is 4. The van der Waals surface area contributed by atoms with Gasteiger partial charge in [0.05, 0.1) is 23.1 Å². The van der Waals surface area contributed by atoms with Gasteiger partial charge in [-0.05, 0) is 72.0 Å². The Balaban J connectivity index is 2.03. The van der Waals surface area contributed by atoms with Crippen molar-refractivity contribution in [2.24, 2.45) is 5.41 Å². The van der Waals surface area contributed by atoms with Crippen molar-refractivity contribution in [2.75, 3.05) is 0 Å². The monoisotopic (exact) mass is 624 g/mol. The van der Waals surface area contributed by atoms with Crippen LogP contribution >= 0.6 is 0 Å². The van der Waals surface area contributed by atoms with Crippen molar-refractivity contribution in [3.63, 3.8) is 0 Å². The maximum Gasteiger partial charge on any atom is 0.417 e. The molecular weight excluding hydrogens is 579 g/mol. The SMILES string of the molecule is CC(C)c1nc2c(c(C3=CCC(F)(F)CC3)c1C(O)c1ccc(C(F)(F)F)cn1)[C@@H](O[Si](C)(C)C(C)(C)C)CC(C)(C)C2. The number of aromatic nitrogens is 2. The second-order valence-electron chi connectivity index (χ2n) is 14.9. The number of halogens is 5. The minimum Gasteiger partial charge on any atom is -0.410 e. The Bertz CT molecular complexity index is 1380. The first-order valence-corrected chi connectivity index (χ1v) is 18.0. The summed E-state index contributed by atoms with van der Waals surface area (Å²) in [6.45, 7) is 19.0. The Morgan fingerprint density at radius 2 is 1.74 bits per heavy atom. The number of alkyl halides is 5. The van der Waals surface area contributed by atoms with E-state index in [4.69, 9.17) is 9.41 Å². The molecule has 1 unspecified atom stereocenters. The Morgan fingerprint density at radius 1 is 1.09 bits per heavy atom. The van der Waals surface area contributed by atoms with Gasteiger partial charge in [0.15, 0.2) is 8.32 Å². The molecule has 238 valence electrons. The molecule has 0 bridgehead atoms. The van der Waals surface area contributed by atoms with E-state index in [0.717, 1.165) is 17.3 Å². The van der Waals surface area contributed by atoms with E-state index in [1.807, 2.05) is 13.8 Å². The van der Waals surface area contributed by atoms with E-state index in [1.54, 1.807) is 6.08 Å². The van der Waals surface area contributed by atoms with E-state index in [1.165, 1.54) is 6.07 Å². The van der Waals surface area contributed by atoms with Crippen molar-refractivity contribution >= 4 is 13.9 Å². The predicted molar refractivity (Wildman–Crippen MR) is 162 cm³/mol. The molecule has 1 N–H and O–H groups in total. The number of nitrogens with zero attached hydrogens (tertiary/aromatic N) is 2. The standard InChI is InChI=1S/C33H45F5N2O2Si/c1-19(2)28-27(29(41)22-11-10-21(18-39-22)33(36,37)38)25(20-12-14-32(34,35)15-13-20)26-23(40-28)16-31(6,7)17-24(26)42-43(8,9)30(3,4)5/h10-12,18-19,24,29,41H,13-17H2,1-9H3/t24-,29?/m0/s1. The first kappa shape index (κ1) is 33.7. The second kappa shape index (κ2) is 11.3. The van der Waals surface area contributed by atoms with Crippen LogP contribution in [-0.2, 0) is 17.0 Å². The maximum atomic E-state index is 14.4. The van der Waals surface area contributed by atoms with Crippen molar-refractivity contribution in [1.82, 2.24) is 9.97 Å². The lowest BCUT2D eigenvalue weighted by Gasteiger charge is -2.45. The fourth-order valence-electron chi connectivity index (χ4n) is 5.89. The van der Waals surface area contributed by atoms with Gasteiger partial charge in [-0.15, -0.1) is 0 Å². The summed E-state index contributed by atoms with van der Waals surface area (Å²) in [6, 6.07) is 2.08. The molecule has 0 fully saturated rings. The average molecular weight is 625 g/mol. The van der Waals surface area contributed by atoms with Crippen molar-refractivity contribution in [3.8, 4) is 0 Å². The fraction of sp³-hybridized carbons (Fsp3) is 0.636. The molecule has 2 aromatic rings. The van der Waals surface area contributed by atoms with Crippen molar-refractivity contribution in [1.29, 1.82) is 0 Å². The van der Waals surface area contributed by atoms with Crippen LogP contribution in [-0.4, -0.2) is 29.3 Å². The van der Waals surface area contributed by atoms with Gasteiger partial charge in [-0.2, -0.15) is 13.2 Å². The largest absolute Gasteiger partial charge is 0.417 e. The maximum absolute atomic E-state index is 14.4. The van der Waals surface area contributed by atoms with Crippen LogP contribution in [0.5, 0.6) is 0 Å². The van der Waals surface area contributed by atoms with Gasteiger partial charge in [0.1, 0.15) is 6.10 Å². The minimum atomic E-state index is -4.57. The van der Waals surface area contributed by atoms with Gasteiger partial charge >= 0.3 is 6.18 Å². The molecule has 0 saturated heterocycles. The summed E-state index contributed by atoms with van der Waals surface area (Å²) >= 11 is 0. The number of aliphatic hydroxyl groups excluding tert-OH is 1. The number of allylic oxidation sites excluding steroid dienone is 2. The van der Waals surface area contributed by atoms with E-state index in [2.05, 4.69) is 52.7 Å². The zero-order valence-corrected chi connectivity index (χ0v) is 27.7. The topological polar surface area (TPSA) is 55.2 Å². The van der Waals surface area contributed by atoms with E-state index in [-0.39, 0.29) is 34.9 Å². The zero-order chi connectivity index (χ0) is 32.3. The minimum absolute atomic E-state index is 0.0395. The van der Waals surface area contributed by atoms with Crippen molar-refractivity contribution < 1.29 is 31.5 Å². The van der Waals surface area contributed by atoms with Gasteiger partial charge in [-0.3, -0.25) is 9.97 Å². The van der Waals surface area contributed by atoms with E-state index in [0.29, 0.717) is 41.4 Å². The number of pyridine rings is 2. The molecule has 4 nitrogen and oxygen atoms in total. The number of aliphatic hydroxyl groups is 1. The van der Waals surface area contributed by atoms with Gasteiger partial charge in [0.25, 0.3) is 5.92 Å². The summed E-state index contributed by atoms with van der Waals surface area (Å²) in [5.74, 6) is -3.00. The van der Waals surface area contributed by atoms with Crippen LogP contribution in [0.2, 0.25) is 18.1 Å². The highest BCUT2D eigenvalue weighted by atomic mass is 28.4. The molecule has 0 saturated carbocycles. The van der Waals surface area contributed by atoms with Gasteiger partial charge in [0, 0.05) is 35.9 Å². The number of fused-ring (bicyclic) bond motifs is 1. The summed E-state index contributed by atoms with van der Waals surface area (Å²) < 4.78 is 75.8. The van der Waals surface area contributed by atoms with E-state index < -0.39 is 44.6 Å². The van der Waals surface area contributed by atoms with Crippen LogP contribution < -0.4 is 0 Å². The zero-order valence-electron chi connectivity index (χ0n) is 26.7. The Morgan fingerprint density at radius 3 is 2.23 bits per heavy atom. The average Bonchev–Trinajstić information content (AvgIpc) is 2.85. The van der Waals surface area contributed by atoms with Crippen LogP contribution in [0.3, 0.4) is 0 Å². The molecule has 2 aliphatic rings. The molecule has 0 radical (unpaired) electrons. The van der Waals surface area contributed by atoms with Gasteiger partial charge in [-0.25, -0.2) is 8.78 Å². The van der Waals surface area contributed by atoms with Gasteiger partial charge < -0.3 is 9.53 Å². The molecule has 2 aromatic heterocycles. The lowest BCUT2D eigenvalue weighted by atomic mass is 9.70. The summed E-state index contributed by atoms with van der Waals surface area (Å²) in [5, 5.41) is 11.8. The van der Waals surface area contributed by atoms with Crippen LogP contribution in [0, 0.1) is 5.41 Å². The highest BCUT2D eigenvalue weighted by molar-refractivity contribution is 6.74. The summed E-state index contributed by atoms with van der Waals surface area (Å²) in [7, 11) is -2.34. The lowest BCUT2D eigenvalue weighted by Crippen LogP contribution is -2.44. The third kappa shape index (κ3) is 7.06. The van der Waals surface area contributed by atoms with Crippen LogP contribution in [0.4, 0.5) is 22.0 Å². The third-order valence-electron chi connectivity index (χ3n) is 9.27. The van der Waals surface area contributed by atoms with Crippen LogP contribution in [0.15, 0.2) is 24.4 Å². The molecule has 0 aliphatic heterocycles. The first-order chi connectivity index (χ1) is 19.5.